The summed E-state index contributed by atoms with van der Waals surface area (Å²) in [6.45, 7) is 1.96. The zero-order valence-corrected chi connectivity index (χ0v) is 10.8. The Hall–Kier alpha value is -1.25. The maximum atomic E-state index is 5.94. The maximum Gasteiger partial charge on any atom is 0.150 e. The molecule has 0 bridgehead atoms. The number of pyridine rings is 1. The Kier molecular flexibility index (Phi) is 3.87. The lowest BCUT2D eigenvalue weighted by Gasteiger charge is -2.11. The van der Waals surface area contributed by atoms with Gasteiger partial charge >= 0.3 is 0 Å². The van der Waals surface area contributed by atoms with Gasteiger partial charge in [-0.3, -0.25) is 4.98 Å². The van der Waals surface area contributed by atoms with Crippen LogP contribution in [0, 0.1) is 6.92 Å². The van der Waals surface area contributed by atoms with Gasteiger partial charge in [0.2, 0.25) is 0 Å². The number of alkyl halides is 1. The number of ether oxygens (including phenoxy) is 1. The Morgan fingerprint density at radius 2 is 2.06 bits per heavy atom. The predicted octanol–water partition coefficient (Wildman–Crippen LogP) is 4.57. The molecule has 0 spiro atoms. The summed E-state index contributed by atoms with van der Waals surface area (Å²) in [5.74, 6) is 1.77. The van der Waals surface area contributed by atoms with Gasteiger partial charge in [0.15, 0.2) is 0 Å². The smallest absolute Gasteiger partial charge is 0.150 e. The van der Waals surface area contributed by atoms with Crippen molar-refractivity contribution in [1.29, 1.82) is 0 Å². The lowest BCUT2D eigenvalue weighted by Crippen LogP contribution is -1.92. The van der Waals surface area contributed by atoms with E-state index in [4.69, 9.17) is 27.9 Å². The molecule has 0 atom stereocenters. The topological polar surface area (TPSA) is 22.1 Å². The van der Waals surface area contributed by atoms with E-state index >= 15 is 0 Å². The third-order valence-corrected chi connectivity index (χ3v) is 2.91. The third kappa shape index (κ3) is 2.90. The van der Waals surface area contributed by atoms with Gasteiger partial charge in [0.25, 0.3) is 0 Å². The van der Waals surface area contributed by atoms with Crippen molar-refractivity contribution < 1.29 is 4.74 Å². The van der Waals surface area contributed by atoms with E-state index in [0.29, 0.717) is 16.7 Å². The molecule has 88 valence electrons. The van der Waals surface area contributed by atoms with Crippen LogP contribution in [0.25, 0.3) is 0 Å². The van der Waals surface area contributed by atoms with Crippen molar-refractivity contribution >= 4 is 23.2 Å². The predicted molar refractivity (Wildman–Crippen MR) is 70.1 cm³/mol. The number of nitrogens with zero attached hydrogens (tertiary/aromatic N) is 1. The average molecular weight is 268 g/mol. The second-order valence-corrected chi connectivity index (χ2v) is 4.33. The first-order chi connectivity index (χ1) is 8.20. The van der Waals surface area contributed by atoms with Crippen LogP contribution in [0.1, 0.15) is 11.1 Å². The number of aryl methyl sites for hydroxylation is 1. The molecule has 0 aliphatic carbocycles. The van der Waals surface area contributed by atoms with Crippen molar-refractivity contribution in [2.24, 2.45) is 0 Å². The van der Waals surface area contributed by atoms with E-state index < -0.39 is 0 Å². The molecule has 1 heterocycles. The van der Waals surface area contributed by atoms with Crippen molar-refractivity contribution in [2.45, 2.75) is 12.8 Å². The van der Waals surface area contributed by atoms with E-state index in [1.807, 2.05) is 25.1 Å². The maximum absolute atomic E-state index is 5.94. The van der Waals surface area contributed by atoms with Crippen molar-refractivity contribution in [1.82, 2.24) is 4.98 Å². The molecule has 2 aromatic rings. The zero-order chi connectivity index (χ0) is 12.3. The van der Waals surface area contributed by atoms with E-state index in [1.165, 1.54) is 0 Å². The molecule has 17 heavy (non-hydrogen) atoms. The number of benzene rings is 1. The van der Waals surface area contributed by atoms with E-state index in [1.54, 1.807) is 18.5 Å². The molecule has 4 heteroatoms. The molecular weight excluding hydrogens is 257 g/mol. The Balaban J connectivity index is 2.34. The molecule has 1 aromatic carbocycles. The summed E-state index contributed by atoms with van der Waals surface area (Å²) < 4.78 is 5.78. The highest BCUT2D eigenvalue weighted by Gasteiger charge is 2.06. The van der Waals surface area contributed by atoms with Crippen LogP contribution in [0.4, 0.5) is 0 Å². The van der Waals surface area contributed by atoms with Crippen molar-refractivity contribution in [3.05, 3.63) is 52.8 Å². The number of hydrogen-bond acceptors (Lipinski definition) is 2. The van der Waals surface area contributed by atoms with Gasteiger partial charge in [0.05, 0.1) is 12.1 Å². The lowest BCUT2D eigenvalue weighted by molar-refractivity contribution is 0.472. The quantitative estimate of drug-likeness (QED) is 0.760. The van der Waals surface area contributed by atoms with Gasteiger partial charge in [-0.05, 0) is 30.7 Å². The highest BCUT2D eigenvalue weighted by Crippen LogP contribution is 2.30. The summed E-state index contributed by atoms with van der Waals surface area (Å²) in [7, 11) is 0. The van der Waals surface area contributed by atoms with Crippen LogP contribution in [0.3, 0.4) is 0 Å². The fraction of sp³-hybridized carbons (Fsp3) is 0.154. The molecule has 1 aromatic heterocycles. The normalized spacial score (nSPS) is 10.3. The van der Waals surface area contributed by atoms with E-state index in [-0.39, 0.29) is 0 Å². The largest absolute Gasteiger partial charge is 0.455 e. The minimum Gasteiger partial charge on any atom is -0.455 e. The first-order valence-electron chi connectivity index (χ1n) is 5.13. The lowest BCUT2D eigenvalue weighted by atomic mass is 10.2. The van der Waals surface area contributed by atoms with Crippen molar-refractivity contribution in [2.75, 3.05) is 0 Å². The van der Waals surface area contributed by atoms with Crippen LogP contribution >= 0.6 is 23.2 Å². The monoisotopic (exact) mass is 267 g/mol. The molecule has 0 unspecified atom stereocenters. The van der Waals surface area contributed by atoms with Gasteiger partial charge in [-0.25, -0.2) is 0 Å². The van der Waals surface area contributed by atoms with E-state index in [2.05, 4.69) is 4.98 Å². The average Bonchev–Trinajstić information content (AvgIpc) is 2.34. The number of halogens is 2. The first kappa shape index (κ1) is 12.2. The summed E-state index contributed by atoms with van der Waals surface area (Å²) >= 11 is 11.8. The Bertz CT molecular complexity index is 529. The SMILES string of the molecule is Cc1ccc(Cl)cc1Oc1cnccc1CCl. The van der Waals surface area contributed by atoms with Crippen LogP contribution < -0.4 is 4.74 Å². The fourth-order valence-corrected chi connectivity index (χ4v) is 1.80. The Labute approximate surface area is 110 Å². The van der Waals surface area contributed by atoms with Gasteiger partial charge in [0.1, 0.15) is 11.5 Å². The molecule has 0 saturated carbocycles. The fourth-order valence-electron chi connectivity index (χ4n) is 1.41. The molecule has 0 aliphatic heterocycles. The summed E-state index contributed by atoms with van der Waals surface area (Å²) in [4.78, 5) is 4.02. The number of aromatic nitrogens is 1. The summed E-state index contributed by atoms with van der Waals surface area (Å²) in [6, 6.07) is 7.36. The first-order valence-corrected chi connectivity index (χ1v) is 6.05. The summed E-state index contributed by atoms with van der Waals surface area (Å²) in [6.07, 6.45) is 3.34. The molecule has 0 fully saturated rings. The van der Waals surface area contributed by atoms with Gasteiger partial charge < -0.3 is 4.74 Å². The molecule has 0 aliphatic rings. The van der Waals surface area contributed by atoms with Crippen LogP contribution in [-0.4, -0.2) is 4.98 Å². The van der Waals surface area contributed by atoms with Crippen molar-refractivity contribution in [3.63, 3.8) is 0 Å². The van der Waals surface area contributed by atoms with E-state index in [0.717, 1.165) is 16.9 Å². The van der Waals surface area contributed by atoms with E-state index in [9.17, 15) is 0 Å². The van der Waals surface area contributed by atoms with Crippen LogP contribution in [-0.2, 0) is 5.88 Å². The minimum atomic E-state index is 0.386. The molecule has 0 N–H and O–H groups in total. The molecule has 0 amide bonds. The standard InChI is InChI=1S/C13H11Cl2NO/c1-9-2-3-11(15)6-12(9)17-13-8-16-5-4-10(13)7-14/h2-6,8H,7H2,1H3. The number of rotatable bonds is 3. The highest BCUT2D eigenvalue weighted by molar-refractivity contribution is 6.30. The third-order valence-electron chi connectivity index (χ3n) is 2.38. The highest BCUT2D eigenvalue weighted by atomic mass is 35.5. The molecular formula is C13H11Cl2NO. The summed E-state index contributed by atoms with van der Waals surface area (Å²) in [5.41, 5.74) is 1.92. The molecule has 0 radical (unpaired) electrons. The van der Waals surface area contributed by atoms with Gasteiger partial charge in [0, 0.05) is 16.8 Å². The molecule has 2 rings (SSSR count). The Morgan fingerprint density at radius 1 is 1.24 bits per heavy atom. The van der Waals surface area contributed by atoms with Gasteiger partial charge in [-0.1, -0.05) is 17.7 Å². The Morgan fingerprint density at radius 3 is 2.82 bits per heavy atom. The van der Waals surface area contributed by atoms with Crippen molar-refractivity contribution in [3.8, 4) is 11.5 Å². The second kappa shape index (κ2) is 5.39. The minimum absolute atomic E-state index is 0.386. The second-order valence-electron chi connectivity index (χ2n) is 3.63. The molecule has 2 nitrogen and oxygen atoms in total. The number of hydrogen-bond donors (Lipinski definition) is 0. The van der Waals surface area contributed by atoms with Gasteiger partial charge in [-0.2, -0.15) is 0 Å². The van der Waals surface area contributed by atoms with Gasteiger partial charge in [-0.15, -0.1) is 11.6 Å². The van der Waals surface area contributed by atoms with Crippen LogP contribution in [0.2, 0.25) is 5.02 Å². The van der Waals surface area contributed by atoms with Crippen LogP contribution in [0.15, 0.2) is 36.7 Å². The summed E-state index contributed by atoms with van der Waals surface area (Å²) in [5, 5.41) is 0.641. The molecule has 0 saturated heterocycles. The van der Waals surface area contributed by atoms with Crippen LogP contribution in [0.5, 0.6) is 11.5 Å². The zero-order valence-electron chi connectivity index (χ0n) is 9.28.